The minimum Gasteiger partial charge on any atom is -0.400 e. The average molecular weight is 137 g/mol. The smallest absolute Gasteiger partial charge is 0.311 e. The van der Waals surface area contributed by atoms with Crippen LogP contribution >= 0.6 is 23.8 Å². The van der Waals surface area contributed by atoms with Gasteiger partial charge in [0.1, 0.15) is 0 Å². The molecule has 5 heteroatoms. The summed E-state index contributed by atoms with van der Waals surface area (Å²) in [6.45, 7) is 0. The summed E-state index contributed by atoms with van der Waals surface area (Å²) in [5.41, 5.74) is 0. The van der Waals surface area contributed by atoms with Crippen LogP contribution in [0.15, 0.2) is 4.42 Å². The number of hydrogen-bond acceptors (Lipinski definition) is 3. The average Bonchev–Trinajstić information content (AvgIpc) is 1.87. The standard InChI is InChI=1S/C2HClN2OS/c3-1-4-5-2(7)6-1/h(H,5,7). The fourth-order valence-corrected chi connectivity index (χ4v) is 0.501. The van der Waals surface area contributed by atoms with Crippen LogP contribution in [0.1, 0.15) is 0 Å². The van der Waals surface area contributed by atoms with E-state index in [-0.39, 0.29) is 10.2 Å². The Morgan fingerprint density at radius 3 is 2.71 bits per heavy atom. The first kappa shape index (κ1) is 4.80. The largest absolute Gasteiger partial charge is 0.400 e. The molecule has 1 heterocycles. The first-order valence-electron chi connectivity index (χ1n) is 1.50. The van der Waals surface area contributed by atoms with E-state index in [1.165, 1.54) is 0 Å². The van der Waals surface area contributed by atoms with Crippen LogP contribution in [0.25, 0.3) is 0 Å². The van der Waals surface area contributed by atoms with Gasteiger partial charge < -0.3 is 4.42 Å². The summed E-state index contributed by atoms with van der Waals surface area (Å²) < 4.78 is 4.50. The molecule has 0 amide bonds. The zero-order valence-corrected chi connectivity index (χ0v) is 4.71. The minimum absolute atomic E-state index is 0.0463. The Bertz CT molecular complexity index is 203. The first-order valence-corrected chi connectivity index (χ1v) is 2.28. The van der Waals surface area contributed by atoms with Gasteiger partial charge in [0.05, 0.1) is 0 Å². The van der Waals surface area contributed by atoms with Crippen LogP contribution in [-0.2, 0) is 0 Å². The molecule has 38 valence electrons. The Hall–Kier alpha value is -0.350. The molecule has 0 fully saturated rings. The molecule has 0 aromatic carbocycles. The Balaban J connectivity index is 3.30. The number of halogens is 1. The summed E-state index contributed by atoms with van der Waals surface area (Å²) in [5, 5.41) is 5.77. The highest BCUT2D eigenvalue weighted by atomic mass is 35.5. The van der Waals surface area contributed by atoms with Crippen molar-refractivity contribution in [3.05, 3.63) is 10.2 Å². The lowest BCUT2D eigenvalue weighted by molar-refractivity contribution is 0.539. The maximum absolute atomic E-state index is 5.18. The highest BCUT2D eigenvalue weighted by Crippen LogP contribution is 1.99. The molecular weight excluding hydrogens is 136 g/mol. The van der Waals surface area contributed by atoms with Crippen LogP contribution in [0.5, 0.6) is 0 Å². The van der Waals surface area contributed by atoms with Crippen molar-refractivity contribution in [3.63, 3.8) is 0 Å². The van der Waals surface area contributed by atoms with E-state index < -0.39 is 0 Å². The SMILES string of the molecule is S=c1[nH]nc(Cl)o1. The van der Waals surface area contributed by atoms with Crippen molar-refractivity contribution in [2.45, 2.75) is 0 Å². The fourth-order valence-electron chi connectivity index (χ4n) is 0.212. The lowest BCUT2D eigenvalue weighted by Crippen LogP contribution is -1.60. The van der Waals surface area contributed by atoms with E-state index in [1.807, 2.05) is 0 Å². The molecule has 1 N–H and O–H groups in total. The molecule has 7 heavy (non-hydrogen) atoms. The number of nitrogens with one attached hydrogen (secondary N) is 1. The van der Waals surface area contributed by atoms with Crippen LogP contribution in [0, 0.1) is 4.84 Å². The van der Waals surface area contributed by atoms with Crippen molar-refractivity contribution in [3.8, 4) is 0 Å². The van der Waals surface area contributed by atoms with Crippen molar-refractivity contribution >= 4 is 23.8 Å². The zero-order chi connectivity index (χ0) is 5.28. The van der Waals surface area contributed by atoms with Gasteiger partial charge >= 0.3 is 5.35 Å². The van der Waals surface area contributed by atoms with E-state index in [9.17, 15) is 0 Å². The van der Waals surface area contributed by atoms with E-state index in [1.54, 1.807) is 0 Å². The first-order chi connectivity index (χ1) is 3.29. The quantitative estimate of drug-likeness (QED) is 0.548. The molecule has 0 unspecified atom stereocenters. The van der Waals surface area contributed by atoms with E-state index in [2.05, 4.69) is 26.8 Å². The Morgan fingerprint density at radius 2 is 2.57 bits per heavy atom. The number of hydrogen-bond donors (Lipinski definition) is 1. The number of aromatic amines is 1. The van der Waals surface area contributed by atoms with Gasteiger partial charge in [0.2, 0.25) is 0 Å². The van der Waals surface area contributed by atoms with Gasteiger partial charge in [0.15, 0.2) is 0 Å². The van der Waals surface area contributed by atoms with Crippen LogP contribution in [-0.4, -0.2) is 10.2 Å². The topological polar surface area (TPSA) is 41.8 Å². The second-order valence-electron chi connectivity index (χ2n) is 0.866. The molecule has 0 aliphatic heterocycles. The summed E-state index contributed by atoms with van der Waals surface area (Å²) in [6.07, 6.45) is 0. The molecule has 0 radical (unpaired) electrons. The molecule has 0 spiro atoms. The van der Waals surface area contributed by atoms with Gasteiger partial charge in [-0.15, -0.1) is 5.10 Å². The normalized spacial score (nSPS) is 9.29. The second kappa shape index (κ2) is 1.63. The molecule has 0 aliphatic carbocycles. The summed E-state index contributed by atoms with van der Waals surface area (Å²) in [5.74, 6) is 0. The van der Waals surface area contributed by atoms with Gasteiger partial charge in [0, 0.05) is 0 Å². The van der Waals surface area contributed by atoms with Gasteiger partial charge in [-0.1, -0.05) is 0 Å². The minimum atomic E-state index is 0.0463. The van der Waals surface area contributed by atoms with E-state index in [0.29, 0.717) is 0 Å². The lowest BCUT2D eigenvalue weighted by Gasteiger charge is -1.61. The molecule has 0 saturated carbocycles. The summed E-state index contributed by atoms with van der Waals surface area (Å²) >= 11 is 9.65. The number of aromatic nitrogens is 2. The highest BCUT2D eigenvalue weighted by molar-refractivity contribution is 7.71. The maximum Gasteiger partial charge on any atom is 0.311 e. The van der Waals surface area contributed by atoms with E-state index >= 15 is 0 Å². The predicted octanol–water partition coefficient (Wildman–Crippen LogP) is 1.39. The van der Waals surface area contributed by atoms with Gasteiger partial charge in [0.25, 0.3) is 4.84 Å². The third-order valence-corrected chi connectivity index (χ3v) is 0.748. The Kier molecular flexibility index (Phi) is 1.12. The number of nitrogens with zero attached hydrogens (tertiary/aromatic N) is 1. The zero-order valence-electron chi connectivity index (χ0n) is 3.14. The van der Waals surface area contributed by atoms with Gasteiger partial charge in [-0.05, 0) is 23.8 Å². The molecule has 3 nitrogen and oxygen atoms in total. The molecule has 1 rings (SSSR count). The maximum atomic E-state index is 5.18. The van der Waals surface area contributed by atoms with Crippen LogP contribution in [0.4, 0.5) is 0 Å². The van der Waals surface area contributed by atoms with Gasteiger partial charge in [-0.25, -0.2) is 5.10 Å². The van der Waals surface area contributed by atoms with Crippen LogP contribution in [0.2, 0.25) is 5.35 Å². The Morgan fingerprint density at radius 1 is 1.86 bits per heavy atom. The summed E-state index contributed by atoms with van der Waals surface area (Å²) in [7, 11) is 0. The predicted molar refractivity (Wildman–Crippen MR) is 26.7 cm³/mol. The molecule has 1 aromatic heterocycles. The summed E-state index contributed by atoms with van der Waals surface area (Å²) in [6, 6.07) is 0. The van der Waals surface area contributed by atoms with Crippen molar-refractivity contribution in [2.24, 2.45) is 0 Å². The Labute approximate surface area is 49.3 Å². The van der Waals surface area contributed by atoms with Gasteiger partial charge in [-0.2, -0.15) is 0 Å². The fraction of sp³-hybridized carbons (Fsp3) is 0. The number of H-pyrrole nitrogens is 1. The van der Waals surface area contributed by atoms with Crippen molar-refractivity contribution in [1.29, 1.82) is 0 Å². The van der Waals surface area contributed by atoms with E-state index in [4.69, 9.17) is 11.6 Å². The van der Waals surface area contributed by atoms with Crippen LogP contribution < -0.4 is 0 Å². The van der Waals surface area contributed by atoms with Gasteiger partial charge in [-0.3, -0.25) is 0 Å². The number of rotatable bonds is 0. The van der Waals surface area contributed by atoms with E-state index in [0.717, 1.165) is 0 Å². The lowest BCUT2D eigenvalue weighted by atomic mass is 11.5. The monoisotopic (exact) mass is 136 g/mol. The van der Waals surface area contributed by atoms with Crippen molar-refractivity contribution < 1.29 is 4.42 Å². The third-order valence-electron chi connectivity index (χ3n) is 0.412. The highest BCUT2D eigenvalue weighted by Gasteiger charge is 1.86. The summed E-state index contributed by atoms with van der Waals surface area (Å²) in [4.78, 5) is 0.199. The molecule has 1 aromatic rings. The molecule has 0 saturated heterocycles. The van der Waals surface area contributed by atoms with Crippen molar-refractivity contribution in [1.82, 2.24) is 10.2 Å². The molecule has 0 aliphatic rings. The third kappa shape index (κ3) is 1.01. The van der Waals surface area contributed by atoms with Crippen LogP contribution in [0.3, 0.4) is 0 Å². The molecule has 0 bridgehead atoms. The molecule has 0 atom stereocenters. The molecular formula is C2HClN2OS. The van der Waals surface area contributed by atoms with Crippen molar-refractivity contribution in [2.75, 3.05) is 0 Å². The second-order valence-corrected chi connectivity index (χ2v) is 1.56.